The van der Waals surface area contributed by atoms with Gasteiger partial charge in [0.1, 0.15) is 12.6 Å². The van der Waals surface area contributed by atoms with Crippen LogP contribution in [-0.4, -0.2) is 41.8 Å². The molecule has 1 saturated heterocycles. The Morgan fingerprint density at radius 2 is 1.73 bits per heavy atom. The van der Waals surface area contributed by atoms with Gasteiger partial charge < -0.3 is 4.74 Å². The van der Waals surface area contributed by atoms with E-state index in [-0.39, 0.29) is 25.0 Å². The molecule has 26 heavy (non-hydrogen) atoms. The number of hydrogen-bond donors (Lipinski definition) is 0. The molecule has 1 fully saturated rings. The third kappa shape index (κ3) is 2.73. The van der Waals surface area contributed by atoms with Crippen molar-refractivity contribution < 1.29 is 14.3 Å². The zero-order chi connectivity index (χ0) is 18.1. The molecule has 2 atom stereocenters. The number of nitrogens with zero attached hydrogens (tertiary/aromatic N) is 3. The van der Waals surface area contributed by atoms with Crippen LogP contribution in [-0.2, 0) is 9.53 Å². The van der Waals surface area contributed by atoms with Crippen molar-refractivity contribution in [1.29, 1.82) is 0 Å². The van der Waals surface area contributed by atoms with Gasteiger partial charge >= 0.3 is 6.09 Å². The predicted octanol–water partition coefficient (Wildman–Crippen LogP) is 2.89. The minimum Gasteiger partial charge on any atom is -0.447 e. The van der Waals surface area contributed by atoms with E-state index in [1.54, 1.807) is 5.01 Å². The lowest BCUT2D eigenvalue weighted by Crippen LogP contribution is -2.48. The molecule has 2 aliphatic rings. The minimum atomic E-state index is -0.585. The van der Waals surface area contributed by atoms with Crippen molar-refractivity contribution in [3.8, 4) is 0 Å². The van der Waals surface area contributed by atoms with Gasteiger partial charge in [-0.2, -0.15) is 5.10 Å². The van der Waals surface area contributed by atoms with Gasteiger partial charge in [-0.1, -0.05) is 55.5 Å². The summed E-state index contributed by atoms with van der Waals surface area (Å²) in [5.74, 6) is -0.447. The first-order valence-electron chi connectivity index (χ1n) is 8.63. The Kier molecular flexibility index (Phi) is 4.16. The summed E-state index contributed by atoms with van der Waals surface area (Å²) in [4.78, 5) is 26.2. The van der Waals surface area contributed by atoms with Crippen LogP contribution in [0.2, 0.25) is 0 Å². The molecule has 0 spiro atoms. The van der Waals surface area contributed by atoms with E-state index >= 15 is 0 Å². The number of rotatable bonds is 3. The molecule has 132 valence electrons. The van der Waals surface area contributed by atoms with Gasteiger partial charge in [0.2, 0.25) is 0 Å². The molecule has 0 unspecified atom stereocenters. The van der Waals surface area contributed by atoms with Crippen molar-refractivity contribution in [3.05, 3.63) is 66.2 Å². The van der Waals surface area contributed by atoms with Gasteiger partial charge in [0, 0.05) is 5.92 Å². The van der Waals surface area contributed by atoms with Crippen LogP contribution in [0, 0.1) is 5.92 Å². The number of amides is 2. The van der Waals surface area contributed by atoms with Crippen LogP contribution < -0.4 is 5.01 Å². The summed E-state index contributed by atoms with van der Waals surface area (Å²) in [7, 11) is 0. The van der Waals surface area contributed by atoms with Crippen molar-refractivity contribution in [1.82, 2.24) is 4.90 Å². The highest BCUT2D eigenvalue weighted by molar-refractivity contribution is 6.10. The Hall–Kier alpha value is -3.15. The summed E-state index contributed by atoms with van der Waals surface area (Å²) in [6.45, 7) is 2.49. The molecule has 0 bridgehead atoms. The molecular weight excluding hydrogens is 330 g/mol. The lowest BCUT2D eigenvalue weighted by atomic mass is 9.92. The quantitative estimate of drug-likeness (QED) is 0.855. The van der Waals surface area contributed by atoms with Gasteiger partial charge in [0.25, 0.3) is 5.91 Å². The van der Waals surface area contributed by atoms with Crippen LogP contribution in [0.3, 0.4) is 0 Å². The van der Waals surface area contributed by atoms with Crippen molar-refractivity contribution in [3.63, 3.8) is 0 Å². The Bertz CT molecular complexity index is 851. The van der Waals surface area contributed by atoms with Gasteiger partial charge in [-0.15, -0.1) is 0 Å². The largest absolute Gasteiger partial charge is 0.447 e. The fraction of sp³-hybridized carbons (Fsp3) is 0.250. The fourth-order valence-electron chi connectivity index (χ4n) is 3.43. The second-order valence-electron chi connectivity index (χ2n) is 6.37. The highest BCUT2D eigenvalue weighted by atomic mass is 16.6. The third-order valence-corrected chi connectivity index (χ3v) is 4.75. The van der Waals surface area contributed by atoms with Crippen molar-refractivity contribution in [2.45, 2.75) is 13.0 Å². The topological polar surface area (TPSA) is 62.2 Å². The lowest BCUT2D eigenvalue weighted by Gasteiger charge is -2.27. The number of anilines is 1. The molecule has 0 aromatic heterocycles. The molecule has 0 aliphatic carbocycles. The van der Waals surface area contributed by atoms with E-state index in [0.29, 0.717) is 0 Å². The van der Waals surface area contributed by atoms with Crippen molar-refractivity contribution in [2.75, 3.05) is 18.2 Å². The average Bonchev–Trinajstić information content (AvgIpc) is 3.26. The van der Waals surface area contributed by atoms with E-state index < -0.39 is 12.1 Å². The molecule has 6 heteroatoms. The zero-order valence-corrected chi connectivity index (χ0v) is 14.4. The molecule has 2 aliphatic heterocycles. The molecule has 2 amide bonds. The van der Waals surface area contributed by atoms with Gasteiger partial charge in [0.05, 0.1) is 17.9 Å². The number of ether oxygens (including phenoxy) is 1. The number of benzene rings is 2. The standard InChI is InChI=1S/C20H19N3O3/c1-14-17(15-8-4-2-5-9-15)21-23(16-10-6-3-7-11-16)18(14)19(24)22-12-13-26-20(22)25/h2-11,14,18H,12-13H2,1H3/t14-,18-/m1/s1. The minimum absolute atomic E-state index is 0.168. The highest BCUT2D eigenvalue weighted by Crippen LogP contribution is 2.32. The Morgan fingerprint density at radius 1 is 1.08 bits per heavy atom. The lowest BCUT2D eigenvalue weighted by molar-refractivity contribution is -0.129. The van der Waals surface area contributed by atoms with Gasteiger partial charge in [-0.05, 0) is 17.7 Å². The third-order valence-electron chi connectivity index (χ3n) is 4.75. The summed E-state index contributed by atoms with van der Waals surface area (Å²) in [5, 5.41) is 6.48. The fourth-order valence-corrected chi connectivity index (χ4v) is 3.43. The molecule has 0 N–H and O–H groups in total. The molecule has 2 heterocycles. The van der Waals surface area contributed by atoms with Crippen LogP contribution in [0.15, 0.2) is 65.8 Å². The van der Waals surface area contributed by atoms with E-state index in [1.165, 1.54) is 4.90 Å². The molecule has 0 radical (unpaired) electrons. The molecule has 4 rings (SSSR count). The molecule has 0 saturated carbocycles. The number of para-hydroxylation sites is 1. The smallest absolute Gasteiger partial charge is 0.416 e. The molecular formula is C20H19N3O3. The summed E-state index contributed by atoms with van der Waals surface area (Å²) in [6, 6.07) is 18.8. The van der Waals surface area contributed by atoms with Gasteiger partial charge in [0.15, 0.2) is 0 Å². The molecule has 6 nitrogen and oxygen atoms in total. The van der Waals surface area contributed by atoms with E-state index in [4.69, 9.17) is 9.84 Å². The van der Waals surface area contributed by atoms with E-state index in [2.05, 4.69) is 0 Å². The highest BCUT2D eigenvalue weighted by Gasteiger charge is 2.45. The first-order valence-corrected chi connectivity index (χ1v) is 8.63. The molecule has 2 aromatic carbocycles. The molecule has 2 aromatic rings. The number of carbonyl (C=O) groups is 2. The zero-order valence-electron chi connectivity index (χ0n) is 14.4. The van der Waals surface area contributed by atoms with Crippen LogP contribution in [0.5, 0.6) is 0 Å². The Morgan fingerprint density at radius 3 is 2.35 bits per heavy atom. The van der Waals surface area contributed by atoms with E-state index in [0.717, 1.165) is 17.0 Å². The van der Waals surface area contributed by atoms with Crippen LogP contribution in [0.4, 0.5) is 10.5 Å². The summed E-state index contributed by atoms with van der Waals surface area (Å²) >= 11 is 0. The van der Waals surface area contributed by atoms with Crippen LogP contribution in [0.1, 0.15) is 12.5 Å². The number of imide groups is 1. The second kappa shape index (κ2) is 6.63. The number of hydrazone groups is 1. The van der Waals surface area contributed by atoms with Gasteiger partial charge in [-0.25, -0.2) is 9.69 Å². The van der Waals surface area contributed by atoms with Crippen molar-refractivity contribution in [2.24, 2.45) is 11.0 Å². The number of carbonyl (C=O) groups excluding carboxylic acids is 2. The van der Waals surface area contributed by atoms with E-state index in [1.807, 2.05) is 67.6 Å². The average molecular weight is 349 g/mol. The Labute approximate surface area is 151 Å². The monoisotopic (exact) mass is 349 g/mol. The van der Waals surface area contributed by atoms with E-state index in [9.17, 15) is 9.59 Å². The number of cyclic esters (lactones) is 1. The second-order valence-corrected chi connectivity index (χ2v) is 6.37. The normalized spacial score (nSPS) is 22.3. The number of hydrogen-bond acceptors (Lipinski definition) is 5. The summed E-state index contributed by atoms with van der Waals surface area (Å²) in [5.41, 5.74) is 2.62. The van der Waals surface area contributed by atoms with Crippen molar-refractivity contribution >= 4 is 23.4 Å². The Balaban J connectivity index is 1.74. The first-order chi connectivity index (χ1) is 12.7. The van der Waals surface area contributed by atoms with Gasteiger partial charge in [-0.3, -0.25) is 9.80 Å². The SMILES string of the molecule is C[C@@H]1C(c2ccccc2)=NN(c2ccccc2)[C@H]1C(=O)N1CCOC1=O. The summed E-state index contributed by atoms with van der Waals surface area (Å²) in [6.07, 6.45) is -0.580. The maximum atomic E-state index is 13.1. The maximum absolute atomic E-state index is 13.1. The summed E-state index contributed by atoms with van der Waals surface area (Å²) < 4.78 is 4.94. The van der Waals surface area contributed by atoms with Crippen LogP contribution >= 0.6 is 0 Å². The van der Waals surface area contributed by atoms with Crippen LogP contribution in [0.25, 0.3) is 0 Å². The predicted molar refractivity (Wildman–Crippen MR) is 97.9 cm³/mol. The maximum Gasteiger partial charge on any atom is 0.416 e. The first kappa shape index (κ1) is 16.3.